The molecule has 0 saturated carbocycles. The maximum absolute atomic E-state index is 12.2. The quantitative estimate of drug-likeness (QED) is 0.275. The van der Waals surface area contributed by atoms with Crippen molar-refractivity contribution in [1.82, 2.24) is 4.98 Å². The molecule has 2 aliphatic heterocycles. The SMILES string of the molecule is O=C(O)CC(Cc1ccccc1)(C1=COCO1)c1coc2cc(OCCc3ccc4c(n3)NCCC4)ccc12. The van der Waals surface area contributed by atoms with Crippen LogP contribution in [-0.4, -0.2) is 36.0 Å². The number of furan rings is 1. The number of carboxylic acid groups (broad SMARTS) is 1. The Morgan fingerprint density at radius 1 is 1.13 bits per heavy atom. The van der Waals surface area contributed by atoms with Gasteiger partial charge in [-0.05, 0) is 48.6 Å². The number of benzene rings is 2. The van der Waals surface area contributed by atoms with E-state index in [0.29, 0.717) is 36.5 Å². The van der Waals surface area contributed by atoms with Crippen molar-refractivity contribution in [3.05, 3.63) is 101 Å². The number of anilines is 1. The number of nitrogens with zero attached hydrogens (tertiary/aromatic N) is 1. The fourth-order valence-corrected chi connectivity index (χ4v) is 5.51. The predicted molar refractivity (Wildman–Crippen MR) is 146 cm³/mol. The molecule has 2 aliphatic rings. The van der Waals surface area contributed by atoms with Gasteiger partial charge in [0.15, 0.2) is 0 Å². The molecule has 0 radical (unpaired) electrons. The number of carbonyl (C=O) groups is 1. The molecule has 0 fully saturated rings. The number of hydrogen-bond donors (Lipinski definition) is 2. The molecule has 0 saturated heterocycles. The second kappa shape index (κ2) is 10.7. The number of pyridine rings is 1. The predicted octanol–water partition coefficient (Wildman–Crippen LogP) is 5.61. The van der Waals surface area contributed by atoms with Crippen molar-refractivity contribution in [2.75, 3.05) is 25.3 Å². The highest BCUT2D eigenvalue weighted by atomic mass is 16.7. The van der Waals surface area contributed by atoms with Crippen LogP contribution in [0.4, 0.5) is 5.82 Å². The first-order chi connectivity index (χ1) is 19.1. The number of rotatable bonds is 10. The molecule has 2 aromatic heterocycles. The Bertz CT molecular complexity index is 1510. The van der Waals surface area contributed by atoms with Gasteiger partial charge in [-0.1, -0.05) is 36.4 Å². The lowest BCUT2D eigenvalue weighted by Crippen LogP contribution is -2.34. The second-order valence-electron chi connectivity index (χ2n) is 9.97. The molecule has 2 aromatic carbocycles. The van der Waals surface area contributed by atoms with E-state index >= 15 is 0 Å². The van der Waals surface area contributed by atoms with E-state index in [1.807, 2.05) is 48.5 Å². The Labute approximate surface area is 226 Å². The number of aromatic nitrogens is 1. The van der Waals surface area contributed by atoms with Gasteiger partial charge in [0, 0.05) is 35.7 Å². The summed E-state index contributed by atoms with van der Waals surface area (Å²) in [7, 11) is 0. The normalized spacial score (nSPS) is 15.8. The van der Waals surface area contributed by atoms with Crippen molar-refractivity contribution in [3.8, 4) is 5.75 Å². The van der Waals surface area contributed by atoms with Gasteiger partial charge in [0.1, 0.15) is 29.2 Å². The molecule has 6 rings (SSSR count). The average molecular weight is 527 g/mol. The summed E-state index contributed by atoms with van der Waals surface area (Å²) < 4.78 is 23.2. The van der Waals surface area contributed by atoms with Crippen LogP contribution in [-0.2, 0) is 38.9 Å². The number of allylic oxidation sites excluding steroid dienone is 1. The van der Waals surface area contributed by atoms with Crippen LogP contribution in [0.3, 0.4) is 0 Å². The number of aliphatic carboxylic acids is 1. The fourth-order valence-electron chi connectivity index (χ4n) is 5.51. The van der Waals surface area contributed by atoms with Crippen LogP contribution in [0.2, 0.25) is 0 Å². The summed E-state index contributed by atoms with van der Waals surface area (Å²) in [6.07, 6.45) is 6.25. The van der Waals surface area contributed by atoms with Gasteiger partial charge in [-0.15, -0.1) is 0 Å². The van der Waals surface area contributed by atoms with Crippen molar-refractivity contribution in [2.24, 2.45) is 0 Å². The third-order valence-corrected chi connectivity index (χ3v) is 7.39. The molecule has 1 unspecified atom stereocenters. The second-order valence-corrected chi connectivity index (χ2v) is 9.97. The molecule has 200 valence electrons. The molecule has 2 N–H and O–H groups in total. The summed E-state index contributed by atoms with van der Waals surface area (Å²) in [6.45, 7) is 1.48. The van der Waals surface area contributed by atoms with Crippen molar-refractivity contribution in [3.63, 3.8) is 0 Å². The highest BCUT2D eigenvalue weighted by Crippen LogP contribution is 2.45. The molecule has 0 amide bonds. The third-order valence-electron chi connectivity index (χ3n) is 7.39. The standard InChI is InChI=1S/C31H30N2O6/c34-29(35)17-31(28-19-36-20-39-28,16-21-5-2-1-3-6-21)26-18-38-27-15-24(10-11-25(26)27)37-14-12-23-9-8-22-7-4-13-32-30(22)33-23/h1-3,5-6,8-11,15,18-19H,4,7,12-14,16-17,20H2,(H,32,33)(H,34,35). The van der Waals surface area contributed by atoms with E-state index in [1.54, 1.807) is 6.26 Å². The molecule has 0 aliphatic carbocycles. The van der Waals surface area contributed by atoms with Crippen molar-refractivity contribution in [1.29, 1.82) is 0 Å². The molecular formula is C31H30N2O6. The van der Waals surface area contributed by atoms with Crippen LogP contribution < -0.4 is 10.1 Å². The van der Waals surface area contributed by atoms with Crippen LogP contribution >= 0.6 is 0 Å². The van der Waals surface area contributed by atoms with Crippen LogP contribution in [0.5, 0.6) is 5.75 Å². The van der Waals surface area contributed by atoms with E-state index in [4.69, 9.17) is 23.6 Å². The fraction of sp³-hybridized carbons (Fsp3) is 0.290. The van der Waals surface area contributed by atoms with Crippen LogP contribution in [0.25, 0.3) is 11.0 Å². The number of hydrogen-bond acceptors (Lipinski definition) is 7. The minimum atomic E-state index is -1.01. The zero-order valence-corrected chi connectivity index (χ0v) is 21.5. The van der Waals surface area contributed by atoms with Crippen LogP contribution in [0.15, 0.2) is 83.4 Å². The Morgan fingerprint density at radius 3 is 2.85 bits per heavy atom. The molecule has 8 nitrogen and oxygen atoms in total. The monoisotopic (exact) mass is 526 g/mol. The smallest absolute Gasteiger partial charge is 0.304 e. The molecule has 0 bridgehead atoms. The first kappa shape index (κ1) is 24.9. The van der Waals surface area contributed by atoms with Gasteiger partial charge in [0.25, 0.3) is 0 Å². The van der Waals surface area contributed by atoms with Crippen molar-refractivity contribution < 1.29 is 28.5 Å². The topological polar surface area (TPSA) is 103 Å². The molecule has 1 atom stereocenters. The van der Waals surface area contributed by atoms with Gasteiger partial charge in [0.2, 0.25) is 6.79 Å². The minimum Gasteiger partial charge on any atom is -0.493 e. The highest BCUT2D eigenvalue weighted by molar-refractivity contribution is 5.85. The van der Waals surface area contributed by atoms with Crippen molar-refractivity contribution in [2.45, 2.75) is 37.5 Å². The van der Waals surface area contributed by atoms with Crippen LogP contribution in [0, 0.1) is 0 Å². The summed E-state index contributed by atoms with van der Waals surface area (Å²) in [5.41, 5.74) is 3.57. The highest BCUT2D eigenvalue weighted by Gasteiger charge is 2.44. The first-order valence-electron chi connectivity index (χ1n) is 13.2. The summed E-state index contributed by atoms with van der Waals surface area (Å²) in [5.74, 6) is 1.19. The Hall–Kier alpha value is -4.46. The number of nitrogens with one attached hydrogen (secondary N) is 1. The largest absolute Gasteiger partial charge is 0.493 e. The number of fused-ring (bicyclic) bond motifs is 2. The Morgan fingerprint density at radius 2 is 2.03 bits per heavy atom. The van der Waals surface area contributed by atoms with E-state index in [2.05, 4.69) is 17.4 Å². The minimum absolute atomic E-state index is 0.0500. The molecule has 4 aromatic rings. The van der Waals surface area contributed by atoms with Gasteiger partial charge in [-0.25, -0.2) is 4.98 Å². The lowest BCUT2D eigenvalue weighted by Gasteiger charge is -2.32. The summed E-state index contributed by atoms with van der Waals surface area (Å²) in [6, 6.07) is 19.6. The van der Waals surface area contributed by atoms with E-state index < -0.39 is 11.4 Å². The number of ether oxygens (including phenoxy) is 3. The molecular weight excluding hydrogens is 496 g/mol. The Balaban J connectivity index is 1.26. The third kappa shape index (κ3) is 5.14. The summed E-state index contributed by atoms with van der Waals surface area (Å²) >= 11 is 0. The van der Waals surface area contributed by atoms with Gasteiger partial charge in [-0.2, -0.15) is 0 Å². The summed E-state index contributed by atoms with van der Waals surface area (Å²) in [4.78, 5) is 16.9. The molecule has 4 heterocycles. The molecule has 39 heavy (non-hydrogen) atoms. The zero-order chi connectivity index (χ0) is 26.7. The lowest BCUT2D eigenvalue weighted by molar-refractivity contribution is -0.138. The summed E-state index contributed by atoms with van der Waals surface area (Å²) in [5, 5.41) is 14.2. The van der Waals surface area contributed by atoms with E-state index in [1.165, 1.54) is 11.8 Å². The van der Waals surface area contributed by atoms with Crippen LogP contribution in [0.1, 0.15) is 35.2 Å². The van der Waals surface area contributed by atoms with E-state index in [-0.39, 0.29) is 13.2 Å². The average Bonchev–Trinajstić information content (AvgIpc) is 3.64. The maximum atomic E-state index is 12.2. The first-order valence-corrected chi connectivity index (χ1v) is 13.2. The molecule has 0 spiro atoms. The van der Waals surface area contributed by atoms with E-state index in [0.717, 1.165) is 47.4 Å². The van der Waals surface area contributed by atoms with Gasteiger partial charge >= 0.3 is 5.97 Å². The molecule has 8 heteroatoms. The van der Waals surface area contributed by atoms with Gasteiger partial charge in [0.05, 0.1) is 24.7 Å². The van der Waals surface area contributed by atoms with Gasteiger partial charge < -0.3 is 29.1 Å². The number of aryl methyl sites for hydroxylation is 1. The van der Waals surface area contributed by atoms with E-state index in [9.17, 15) is 9.90 Å². The maximum Gasteiger partial charge on any atom is 0.304 e. The lowest BCUT2D eigenvalue weighted by atomic mass is 9.71. The number of carboxylic acids is 1. The Kier molecular flexibility index (Phi) is 6.84. The van der Waals surface area contributed by atoms with Gasteiger partial charge in [-0.3, -0.25) is 4.79 Å². The zero-order valence-electron chi connectivity index (χ0n) is 21.5. The van der Waals surface area contributed by atoms with Crippen molar-refractivity contribution >= 4 is 22.8 Å².